The maximum atomic E-state index is 12.6. The van der Waals surface area contributed by atoms with Crippen molar-refractivity contribution in [2.24, 2.45) is 17.6 Å². The van der Waals surface area contributed by atoms with Crippen LogP contribution >= 0.6 is 0 Å². The van der Waals surface area contributed by atoms with Gasteiger partial charge in [0.15, 0.2) is 0 Å². The minimum Gasteiger partial charge on any atom is -0.391 e. The van der Waals surface area contributed by atoms with Gasteiger partial charge in [-0.05, 0) is 25.7 Å². The number of hydrogen-bond donors (Lipinski definition) is 2. The van der Waals surface area contributed by atoms with Gasteiger partial charge in [-0.3, -0.25) is 4.79 Å². The molecule has 0 radical (unpaired) electrons. The van der Waals surface area contributed by atoms with Crippen LogP contribution in [-0.4, -0.2) is 46.4 Å². The zero-order valence-electron chi connectivity index (χ0n) is 12.9. The molecule has 0 spiro atoms. The molecule has 1 aliphatic heterocycles. The van der Waals surface area contributed by atoms with E-state index < -0.39 is 17.9 Å². The molecule has 0 bridgehead atoms. The second-order valence-corrected chi connectivity index (χ2v) is 6.54. The van der Waals surface area contributed by atoms with E-state index in [4.69, 9.17) is 10.5 Å². The van der Waals surface area contributed by atoms with E-state index >= 15 is 0 Å². The van der Waals surface area contributed by atoms with Gasteiger partial charge in [0.05, 0.1) is 18.8 Å². The topological polar surface area (TPSA) is 75.8 Å². The molecule has 1 aliphatic rings. The minimum absolute atomic E-state index is 0.00733. The zero-order valence-corrected chi connectivity index (χ0v) is 12.9. The fraction of sp³-hybridized carbons (Fsp3) is 0.929. The summed E-state index contributed by atoms with van der Waals surface area (Å²) in [6.07, 6.45) is -0.836. The first kappa shape index (κ1) is 16.4. The molecule has 5 nitrogen and oxygen atoms in total. The molecule has 1 rings (SSSR count). The first-order chi connectivity index (χ1) is 8.59. The summed E-state index contributed by atoms with van der Waals surface area (Å²) in [7, 11) is 0. The fourth-order valence-corrected chi connectivity index (χ4v) is 2.47. The van der Waals surface area contributed by atoms with Gasteiger partial charge >= 0.3 is 0 Å². The molecule has 1 fully saturated rings. The first-order valence-corrected chi connectivity index (χ1v) is 7.00. The van der Waals surface area contributed by atoms with E-state index in [1.165, 1.54) is 0 Å². The molecule has 0 aliphatic carbocycles. The Morgan fingerprint density at radius 3 is 2.32 bits per heavy atom. The molecule has 3 atom stereocenters. The lowest BCUT2D eigenvalue weighted by Crippen LogP contribution is -2.58. The third kappa shape index (κ3) is 3.27. The van der Waals surface area contributed by atoms with Gasteiger partial charge in [0.25, 0.3) is 0 Å². The van der Waals surface area contributed by atoms with Crippen LogP contribution in [0.4, 0.5) is 0 Å². The summed E-state index contributed by atoms with van der Waals surface area (Å²) in [4.78, 5) is 14.3. The number of amides is 1. The number of carbonyl (C=O) groups is 1. The average Bonchev–Trinajstić information content (AvgIpc) is 2.61. The van der Waals surface area contributed by atoms with Gasteiger partial charge in [-0.15, -0.1) is 0 Å². The van der Waals surface area contributed by atoms with Gasteiger partial charge in [-0.1, -0.05) is 27.7 Å². The van der Waals surface area contributed by atoms with Crippen LogP contribution in [0.3, 0.4) is 0 Å². The van der Waals surface area contributed by atoms with E-state index in [0.29, 0.717) is 6.61 Å². The summed E-state index contributed by atoms with van der Waals surface area (Å²) in [5, 5.41) is 10.0. The summed E-state index contributed by atoms with van der Waals surface area (Å²) in [6, 6.07) is -0.893. The Labute approximate surface area is 116 Å². The Hall–Kier alpha value is -0.650. The van der Waals surface area contributed by atoms with Crippen LogP contribution in [-0.2, 0) is 9.53 Å². The number of aliphatic hydroxyl groups excluding tert-OH is 1. The summed E-state index contributed by atoms with van der Waals surface area (Å²) < 4.78 is 5.71. The van der Waals surface area contributed by atoms with Gasteiger partial charge in [-0.2, -0.15) is 0 Å². The highest BCUT2D eigenvalue weighted by Crippen LogP contribution is 2.31. The second kappa shape index (κ2) is 5.77. The lowest BCUT2D eigenvalue weighted by Gasteiger charge is -2.38. The van der Waals surface area contributed by atoms with Crippen molar-refractivity contribution < 1.29 is 14.6 Å². The molecule has 19 heavy (non-hydrogen) atoms. The van der Waals surface area contributed by atoms with Crippen molar-refractivity contribution in [2.45, 2.75) is 65.5 Å². The molecule has 1 saturated heterocycles. The van der Waals surface area contributed by atoms with Crippen LogP contribution in [0.15, 0.2) is 0 Å². The maximum absolute atomic E-state index is 12.6. The Morgan fingerprint density at radius 1 is 1.37 bits per heavy atom. The Kier molecular flexibility index (Phi) is 4.98. The van der Waals surface area contributed by atoms with Crippen LogP contribution in [0.1, 0.15) is 41.5 Å². The highest BCUT2D eigenvalue weighted by atomic mass is 16.5. The lowest BCUT2D eigenvalue weighted by atomic mass is 9.96. The van der Waals surface area contributed by atoms with E-state index in [0.717, 1.165) is 0 Å². The molecule has 1 amide bonds. The number of aliphatic hydroxyl groups is 1. The second-order valence-electron chi connectivity index (χ2n) is 6.54. The molecule has 0 saturated carbocycles. The Balaban J connectivity index is 2.94. The SMILES string of the molecule is CC(C)[C@@H](O)[C@@H](N)C(=O)N1[C@@H](C(C)C)COC1(C)C. The number of carbonyl (C=O) groups excluding carboxylic acids is 1. The quantitative estimate of drug-likeness (QED) is 0.799. The molecule has 3 N–H and O–H groups in total. The number of nitrogens with zero attached hydrogens (tertiary/aromatic N) is 1. The van der Waals surface area contributed by atoms with Crippen molar-refractivity contribution in [3.63, 3.8) is 0 Å². The largest absolute Gasteiger partial charge is 0.391 e. The normalized spacial score (nSPS) is 26.0. The summed E-state index contributed by atoms with van der Waals surface area (Å²) in [5.41, 5.74) is 5.26. The van der Waals surface area contributed by atoms with Crippen molar-refractivity contribution in [1.82, 2.24) is 4.90 Å². The van der Waals surface area contributed by atoms with Crippen LogP contribution in [0.5, 0.6) is 0 Å². The summed E-state index contributed by atoms with van der Waals surface area (Å²) >= 11 is 0. The molecule has 1 heterocycles. The van der Waals surface area contributed by atoms with E-state index in [1.807, 2.05) is 27.7 Å². The number of rotatable bonds is 4. The molecular formula is C14H28N2O3. The molecule has 5 heteroatoms. The van der Waals surface area contributed by atoms with E-state index in [2.05, 4.69) is 13.8 Å². The van der Waals surface area contributed by atoms with Crippen molar-refractivity contribution in [3.8, 4) is 0 Å². The third-order valence-corrected chi connectivity index (χ3v) is 3.86. The van der Waals surface area contributed by atoms with Gasteiger partial charge in [0.2, 0.25) is 5.91 Å². The molecule has 0 aromatic rings. The maximum Gasteiger partial charge on any atom is 0.244 e. The van der Waals surface area contributed by atoms with Crippen LogP contribution in [0, 0.1) is 11.8 Å². The van der Waals surface area contributed by atoms with Gasteiger partial charge in [0.1, 0.15) is 11.8 Å². The van der Waals surface area contributed by atoms with Gasteiger partial charge in [-0.25, -0.2) is 0 Å². The van der Waals surface area contributed by atoms with Crippen molar-refractivity contribution in [3.05, 3.63) is 0 Å². The third-order valence-electron chi connectivity index (χ3n) is 3.86. The van der Waals surface area contributed by atoms with Crippen LogP contribution < -0.4 is 5.73 Å². The number of nitrogens with two attached hydrogens (primary N) is 1. The molecule has 0 aromatic heterocycles. The Bertz CT molecular complexity index is 329. The molecule has 112 valence electrons. The van der Waals surface area contributed by atoms with E-state index in [1.54, 1.807) is 4.90 Å². The van der Waals surface area contributed by atoms with Gasteiger partial charge < -0.3 is 20.5 Å². The smallest absolute Gasteiger partial charge is 0.244 e. The van der Waals surface area contributed by atoms with Crippen LogP contribution in [0.2, 0.25) is 0 Å². The summed E-state index contributed by atoms with van der Waals surface area (Å²) in [5.74, 6) is -0.000369. The minimum atomic E-state index is -0.901. The predicted octanol–water partition coefficient (Wildman–Crippen LogP) is 0.950. The standard InChI is InChI=1S/C14H28N2O3/c1-8(2)10-7-19-14(5,6)16(10)13(18)11(15)12(17)9(3)4/h8-12,17H,7,15H2,1-6H3/t10-,11-,12-/m1/s1. The monoisotopic (exact) mass is 272 g/mol. The number of hydrogen-bond acceptors (Lipinski definition) is 4. The van der Waals surface area contributed by atoms with Crippen molar-refractivity contribution >= 4 is 5.91 Å². The van der Waals surface area contributed by atoms with Crippen molar-refractivity contribution in [1.29, 1.82) is 0 Å². The summed E-state index contributed by atoms with van der Waals surface area (Å²) in [6.45, 7) is 12.1. The first-order valence-electron chi connectivity index (χ1n) is 7.00. The average molecular weight is 272 g/mol. The molecule has 0 unspecified atom stereocenters. The van der Waals surface area contributed by atoms with Gasteiger partial charge in [0, 0.05) is 0 Å². The fourth-order valence-electron chi connectivity index (χ4n) is 2.47. The van der Waals surface area contributed by atoms with Crippen LogP contribution in [0.25, 0.3) is 0 Å². The van der Waals surface area contributed by atoms with E-state index in [9.17, 15) is 9.90 Å². The molecule has 0 aromatic carbocycles. The highest BCUT2D eigenvalue weighted by Gasteiger charge is 2.47. The predicted molar refractivity (Wildman–Crippen MR) is 74.3 cm³/mol. The van der Waals surface area contributed by atoms with E-state index in [-0.39, 0.29) is 23.8 Å². The Morgan fingerprint density at radius 2 is 1.89 bits per heavy atom. The number of ether oxygens (including phenoxy) is 1. The van der Waals surface area contributed by atoms with Crippen molar-refractivity contribution in [2.75, 3.05) is 6.61 Å². The molecular weight excluding hydrogens is 244 g/mol. The lowest BCUT2D eigenvalue weighted by molar-refractivity contribution is -0.151. The zero-order chi connectivity index (χ0) is 15.0. The highest BCUT2D eigenvalue weighted by molar-refractivity contribution is 5.83.